The monoisotopic (exact) mass is 342 g/mol. The highest BCUT2D eigenvalue weighted by atomic mass is 79.9. The number of rotatable bonds is 8. The molecular weight excluding hydrogens is 320 g/mol. The van der Waals surface area contributed by atoms with Gasteiger partial charge >= 0.3 is 0 Å². The van der Waals surface area contributed by atoms with E-state index in [1.54, 1.807) is 0 Å². The van der Waals surface area contributed by atoms with Crippen molar-refractivity contribution in [3.63, 3.8) is 0 Å². The molecule has 1 amide bonds. The van der Waals surface area contributed by atoms with E-state index in [4.69, 9.17) is 10.5 Å². The highest BCUT2D eigenvalue weighted by molar-refractivity contribution is 9.10. The van der Waals surface area contributed by atoms with Gasteiger partial charge < -0.3 is 15.8 Å². The second-order valence-corrected chi connectivity index (χ2v) is 5.52. The van der Waals surface area contributed by atoms with Crippen LogP contribution in [0.2, 0.25) is 0 Å². The number of ether oxygens (including phenoxy) is 1. The van der Waals surface area contributed by atoms with E-state index in [0.717, 1.165) is 29.3 Å². The fourth-order valence-corrected chi connectivity index (χ4v) is 2.34. The Balaban J connectivity index is 2.52. The smallest absolute Gasteiger partial charge is 0.258 e. The van der Waals surface area contributed by atoms with Gasteiger partial charge in [-0.2, -0.15) is 0 Å². The minimum atomic E-state index is -0.0815. The molecule has 0 aliphatic heterocycles. The molecule has 5 heteroatoms. The fourth-order valence-electron chi connectivity index (χ4n) is 1.90. The van der Waals surface area contributed by atoms with Gasteiger partial charge in [-0.3, -0.25) is 4.79 Å². The van der Waals surface area contributed by atoms with Crippen LogP contribution in [0.5, 0.6) is 5.75 Å². The van der Waals surface area contributed by atoms with Crippen molar-refractivity contribution >= 4 is 21.8 Å². The molecule has 1 aromatic carbocycles. The van der Waals surface area contributed by atoms with Gasteiger partial charge in [-0.05, 0) is 49.6 Å². The predicted molar refractivity (Wildman–Crippen MR) is 84.9 cm³/mol. The third-order valence-electron chi connectivity index (χ3n) is 3.15. The molecule has 1 rings (SSSR count). The minimum absolute atomic E-state index is 0.0419. The number of nitrogens with two attached hydrogens (primary N) is 1. The lowest BCUT2D eigenvalue weighted by Gasteiger charge is -2.15. The van der Waals surface area contributed by atoms with E-state index in [1.807, 2.05) is 18.2 Å². The lowest BCUT2D eigenvalue weighted by atomic mass is 10.1. The molecule has 3 N–H and O–H groups in total. The lowest BCUT2D eigenvalue weighted by Crippen LogP contribution is -2.37. The molecule has 0 aliphatic rings. The molecule has 1 aromatic rings. The van der Waals surface area contributed by atoms with Crippen molar-refractivity contribution in [2.24, 2.45) is 5.73 Å². The lowest BCUT2D eigenvalue weighted by molar-refractivity contribution is -0.123. The third kappa shape index (κ3) is 5.51. The molecule has 112 valence electrons. The van der Waals surface area contributed by atoms with Crippen LogP contribution in [0.1, 0.15) is 32.3 Å². The molecule has 0 heterocycles. The summed E-state index contributed by atoms with van der Waals surface area (Å²) >= 11 is 3.47. The summed E-state index contributed by atoms with van der Waals surface area (Å²) in [5.74, 6) is 0.610. The number of carbonyl (C=O) groups is 1. The van der Waals surface area contributed by atoms with Crippen molar-refractivity contribution in [2.45, 2.75) is 39.2 Å². The molecule has 20 heavy (non-hydrogen) atoms. The summed E-state index contributed by atoms with van der Waals surface area (Å²) < 4.78 is 6.54. The molecule has 0 aromatic heterocycles. The molecule has 0 aliphatic carbocycles. The summed E-state index contributed by atoms with van der Waals surface area (Å²) in [6.45, 7) is 4.74. The number of amides is 1. The van der Waals surface area contributed by atoms with Crippen molar-refractivity contribution < 1.29 is 9.53 Å². The van der Waals surface area contributed by atoms with E-state index < -0.39 is 0 Å². The van der Waals surface area contributed by atoms with Gasteiger partial charge in [-0.1, -0.05) is 29.8 Å². The number of carbonyl (C=O) groups excluding carboxylic acids is 1. The fraction of sp³-hybridized carbons (Fsp3) is 0.533. The maximum Gasteiger partial charge on any atom is 0.258 e. The van der Waals surface area contributed by atoms with E-state index in [1.165, 1.54) is 0 Å². The van der Waals surface area contributed by atoms with Crippen molar-refractivity contribution in [2.75, 3.05) is 13.2 Å². The summed E-state index contributed by atoms with van der Waals surface area (Å²) in [4.78, 5) is 11.8. The zero-order valence-electron chi connectivity index (χ0n) is 12.1. The number of benzene rings is 1. The van der Waals surface area contributed by atoms with Crippen molar-refractivity contribution in [1.29, 1.82) is 0 Å². The first kappa shape index (κ1) is 17.0. The molecule has 4 nitrogen and oxygen atoms in total. The van der Waals surface area contributed by atoms with Crippen LogP contribution in [-0.4, -0.2) is 25.1 Å². The molecule has 0 atom stereocenters. The first-order valence-corrected chi connectivity index (χ1v) is 7.80. The Morgan fingerprint density at radius 2 is 2.10 bits per heavy atom. The van der Waals surface area contributed by atoms with Crippen LogP contribution in [0.3, 0.4) is 0 Å². The van der Waals surface area contributed by atoms with Gasteiger partial charge in [0.15, 0.2) is 6.61 Å². The van der Waals surface area contributed by atoms with Crippen LogP contribution in [-0.2, 0) is 11.2 Å². The summed E-state index contributed by atoms with van der Waals surface area (Å²) in [7, 11) is 0. The van der Waals surface area contributed by atoms with Crippen molar-refractivity contribution in [3.8, 4) is 5.75 Å². The molecule has 0 radical (unpaired) electrons. The van der Waals surface area contributed by atoms with E-state index in [9.17, 15) is 4.79 Å². The maximum atomic E-state index is 11.8. The number of hydrogen-bond acceptors (Lipinski definition) is 3. The Labute approximate surface area is 129 Å². The number of hydrogen-bond donors (Lipinski definition) is 2. The third-order valence-corrected chi connectivity index (χ3v) is 3.93. The van der Waals surface area contributed by atoms with Crippen LogP contribution < -0.4 is 15.8 Å². The molecule has 0 saturated heterocycles. The summed E-state index contributed by atoms with van der Waals surface area (Å²) in [5.41, 5.74) is 6.65. The van der Waals surface area contributed by atoms with Crippen molar-refractivity contribution in [3.05, 3.63) is 28.2 Å². The molecule has 0 unspecified atom stereocenters. The summed E-state index contributed by atoms with van der Waals surface area (Å²) in [5, 5.41) is 2.94. The topological polar surface area (TPSA) is 64.3 Å². The van der Waals surface area contributed by atoms with Gasteiger partial charge in [0.05, 0.1) is 0 Å². The average molecular weight is 343 g/mol. The Morgan fingerprint density at radius 1 is 1.40 bits per heavy atom. The van der Waals surface area contributed by atoms with Gasteiger partial charge in [0.1, 0.15) is 5.75 Å². The van der Waals surface area contributed by atoms with Crippen LogP contribution in [0.15, 0.2) is 22.7 Å². The van der Waals surface area contributed by atoms with Gasteiger partial charge in [0, 0.05) is 10.5 Å². The van der Waals surface area contributed by atoms with E-state index in [0.29, 0.717) is 12.3 Å². The van der Waals surface area contributed by atoms with Crippen LogP contribution in [0.4, 0.5) is 0 Å². The molecule has 0 bridgehead atoms. The molecular formula is C15H23BrN2O2. The molecule has 0 saturated carbocycles. The Morgan fingerprint density at radius 3 is 2.70 bits per heavy atom. The second kappa shape index (κ2) is 8.97. The highest BCUT2D eigenvalue weighted by Gasteiger charge is 2.09. The van der Waals surface area contributed by atoms with Gasteiger partial charge in [0.25, 0.3) is 5.91 Å². The number of halogens is 1. The van der Waals surface area contributed by atoms with Crippen LogP contribution in [0, 0.1) is 0 Å². The van der Waals surface area contributed by atoms with Crippen LogP contribution >= 0.6 is 15.9 Å². The Hall–Kier alpha value is -1.07. The SMILES string of the molecule is CCC(CC)NC(=O)COc1ccc(Br)c(CCN)c1. The zero-order chi connectivity index (χ0) is 15.0. The van der Waals surface area contributed by atoms with Crippen LogP contribution in [0.25, 0.3) is 0 Å². The molecule has 0 spiro atoms. The largest absolute Gasteiger partial charge is 0.484 e. The van der Waals surface area contributed by atoms with E-state index >= 15 is 0 Å². The summed E-state index contributed by atoms with van der Waals surface area (Å²) in [6.07, 6.45) is 2.64. The second-order valence-electron chi connectivity index (χ2n) is 4.66. The van der Waals surface area contributed by atoms with Crippen molar-refractivity contribution in [1.82, 2.24) is 5.32 Å². The minimum Gasteiger partial charge on any atom is -0.484 e. The highest BCUT2D eigenvalue weighted by Crippen LogP contribution is 2.22. The first-order chi connectivity index (χ1) is 9.60. The standard InChI is InChI=1S/C15H23BrN2O2/c1-3-12(4-2)18-15(19)10-20-13-5-6-14(16)11(9-13)7-8-17/h5-6,9,12H,3-4,7-8,10,17H2,1-2H3,(H,18,19). The Kier molecular flexibility index (Phi) is 7.62. The number of nitrogens with one attached hydrogen (secondary N) is 1. The first-order valence-electron chi connectivity index (χ1n) is 7.01. The van der Waals surface area contributed by atoms with Gasteiger partial charge in [-0.15, -0.1) is 0 Å². The average Bonchev–Trinajstić information content (AvgIpc) is 2.45. The maximum absolute atomic E-state index is 11.8. The quantitative estimate of drug-likeness (QED) is 0.763. The molecule has 0 fully saturated rings. The van der Waals surface area contributed by atoms with E-state index in [-0.39, 0.29) is 18.6 Å². The normalized spacial score (nSPS) is 10.7. The van der Waals surface area contributed by atoms with Gasteiger partial charge in [0.2, 0.25) is 0 Å². The van der Waals surface area contributed by atoms with Gasteiger partial charge in [-0.25, -0.2) is 0 Å². The van der Waals surface area contributed by atoms with E-state index in [2.05, 4.69) is 35.1 Å². The Bertz CT molecular complexity index is 434. The zero-order valence-corrected chi connectivity index (χ0v) is 13.7. The summed E-state index contributed by atoms with van der Waals surface area (Å²) in [6, 6.07) is 5.90. The predicted octanol–water partition coefficient (Wildman–Crippen LogP) is 2.63.